The fourth-order valence-corrected chi connectivity index (χ4v) is 4.73. The first-order valence-corrected chi connectivity index (χ1v) is 16.2. The van der Waals surface area contributed by atoms with Crippen molar-refractivity contribution in [2.45, 2.75) is 129 Å². The van der Waals surface area contributed by atoms with Crippen molar-refractivity contribution in [2.24, 2.45) is 0 Å². The van der Waals surface area contributed by atoms with E-state index in [1.807, 2.05) is 25.1 Å². The number of fused-ring (bicyclic) bond motifs is 1. The van der Waals surface area contributed by atoms with Crippen LogP contribution < -0.4 is 10.4 Å². The van der Waals surface area contributed by atoms with Gasteiger partial charge in [0.15, 0.2) is 0 Å². The lowest BCUT2D eigenvalue weighted by Gasteiger charge is -2.29. The molecule has 2 rings (SSSR count). The minimum Gasteiger partial charge on any atom is -0.489 e. The highest BCUT2D eigenvalue weighted by atomic mass is 16.6. The van der Waals surface area contributed by atoms with Gasteiger partial charge in [-0.1, -0.05) is 68.9 Å². The summed E-state index contributed by atoms with van der Waals surface area (Å²) in [6.07, 6.45) is 24.6. The monoisotopic (exact) mass is 594 g/mol. The number of carbonyl (C=O) groups is 1. The van der Waals surface area contributed by atoms with E-state index < -0.39 is 17.3 Å². The molecule has 0 aliphatic carbocycles. The van der Waals surface area contributed by atoms with Gasteiger partial charge in [0.25, 0.3) is 0 Å². The zero-order chi connectivity index (χ0) is 31.3. The van der Waals surface area contributed by atoms with Crippen LogP contribution in [0, 0.1) is 0 Å². The van der Waals surface area contributed by atoms with E-state index >= 15 is 0 Å². The number of carbonyl (C=O) groups excluding carboxylic acids is 1. The number of ether oxygens (including phenoxy) is 2. The molecular weight excluding hydrogens is 540 g/mol. The van der Waals surface area contributed by atoms with Crippen molar-refractivity contribution in [3.05, 3.63) is 76.7 Å². The summed E-state index contributed by atoms with van der Waals surface area (Å²) in [7, 11) is 0. The molecule has 1 aromatic heterocycles. The summed E-state index contributed by atoms with van der Waals surface area (Å²) < 4.78 is 16.7. The van der Waals surface area contributed by atoms with Crippen molar-refractivity contribution >= 4 is 16.9 Å². The van der Waals surface area contributed by atoms with Gasteiger partial charge in [0.05, 0.1) is 5.60 Å². The Balaban J connectivity index is 1.60. The Bertz CT molecular complexity index is 1210. The zero-order valence-electron chi connectivity index (χ0n) is 26.9. The molecule has 1 heterocycles. The third-order valence-electron chi connectivity index (χ3n) is 7.47. The summed E-state index contributed by atoms with van der Waals surface area (Å²) in [6, 6.07) is 8.51. The molecule has 6 nitrogen and oxygen atoms in total. The Morgan fingerprint density at radius 3 is 2.33 bits per heavy atom. The summed E-state index contributed by atoms with van der Waals surface area (Å²) in [5.41, 5.74) is 0.0416. The van der Waals surface area contributed by atoms with E-state index in [1.54, 1.807) is 26.0 Å². The molecule has 2 aromatic rings. The number of aliphatic hydroxyl groups is 1. The Labute approximate surface area is 258 Å². The molecule has 6 heteroatoms. The average molecular weight is 595 g/mol. The van der Waals surface area contributed by atoms with Crippen LogP contribution in [0.15, 0.2) is 75.5 Å². The molecule has 0 fully saturated rings. The van der Waals surface area contributed by atoms with Crippen LogP contribution in [0.3, 0.4) is 0 Å². The lowest BCUT2D eigenvalue weighted by Crippen LogP contribution is -2.39. The van der Waals surface area contributed by atoms with Crippen molar-refractivity contribution in [2.75, 3.05) is 6.61 Å². The number of rotatable bonds is 22. The highest BCUT2D eigenvalue weighted by Crippen LogP contribution is 2.22. The highest BCUT2D eigenvalue weighted by Gasteiger charge is 2.30. The molecule has 0 bridgehead atoms. The van der Waals surface area contributed by atoms with Crippen LogP contribution >= 0.6 is 0 Å². The number of benzene rings is 1. The van der Waals surface area contributed by atoms with Gasteiger partial charge in [-0.2, -0.15) is 0 Å². The molecule has 0 spiro atoms. The van der Waals surface area contributed by atoms with Gasteiger partial charge in [0.2, 0.25) is 0 Å². The Hall–Kier alpha value is -3.12. The Morgan fingerprint density at radius 1 is 0.930 bits per heavy atom. The second-order valence-electron chi connectivity index (χ2n) is 12.0. The molecule has 0 radical (unpaired) electrons. The molecule has 1 N–H and O–H groups in total. The first-order valence-electron chi connectivity index (χ1n) is 16.2. The van der Waals surface area contributed by atoms with Gasteiger partial charge in [-0.05, 0) is 96.4 Å². The zero-order valence-corrected chi connectivity index (χ0v) is 26.9. The van der Waals surface area contributed by atoms with Crippen LogP contribution in [0.1, 0.15) is 118 Å². The fraction of sp³-hybridized carbons (Fsp3) is 0.568. The maximum absolute atomic E-state index is 12.5. The van der Waals surface area contributed by atoms with Crippen LogP contribution in [0.5, 0.6) is 5.75 Å². The summed E-state index contributed by atoms with van der Waals surface area (Å²) in [6.45, 7) is 7.95. The number of hydrogen-bond acceptors (Lipinski definition) is 6. The SMILES string of the molecule is CCCCC/C=C\C/C=C\CCCCCCCC(=O)O[C@H](CC/C(C)=C/COc1ccc2ccc(=O)oc2c1)C(C)(C)O. The average Bonchev–Trinajstić information content (AvgIpc) is 2.96. The Kier molecular flexibility index (Phi) is 17.4. The van der Waals surface area contributed by atoms with Gasteiger partial charge in [0, 0.05) is 23.9 Å². The fourth-order valence-electron chi connectivity index (χ4n) is 4.73. The number of unbranched alkanes of at least 4 members (excludes halogenated alkanes) is 8. The molecule has 0 aliphatic heterocycles. The van der Waals surface area contributed by atoms with Crippen LogP contribution in [-0.2, 0) is 9.53 Å². The maximum atomic E-state index is 12.5. The van der Waals surface area contributed by atoms with E-state index in [0.29, 0.717) is 37.2 Å². The largest absolute Gasteiger partial charge is 0.489 e. The molecule has 0 unspecified atom stereocenters. The number of esters is 1. The van der Waals surface area contributed by atoms with E-state index in [2.05, 4.69) is 31.2 Å². The topological polar surface area (TPSA) is 86.0 Å². The molecule has 238 valence electrons. The van der Waals surface area contributed by atoms with Crippen molar-refractivity contribution in [1.82, 2.24) is 0 Å². The third-order valence-corrected chi connectivity index (χ3v) is 7.47. The third kappa shape index (κ3) is 16.3. The smallest absolute Gasteiger partial charge is 0.336 e. The van der Waals surface area contributed by atoms with Crippen molar-refractivity contribution in [1.29, 1.82) is 0 Å². The van der Waals surface area contributed by atoms with Gasteiger partial charge < -0.3 is 19.0 Å². The van der Waals surface area contributed by atoms with E-state index in [9.17, 15) is 14.7 Å². The van der Waals surface area contributed by atoms with Crippen LogP contribution in [-0.4, -0.2) is 29.4 Å². The van der Waals surface area contributed by atoms with E-state index in [4.69, 9.17) is 13.9 Å². The van der Waals surface area contributed by atoms with Crippen LogP contribution in [0.25, 0.3) is 11.0 Å². The predicted molar refractivity (Wildman–Crippen MR) is 177 cm³/mol. The van der Waals surface area contributed by atoms with E-state index in [0.717, 1.165) is 43.1 Å². The van der Waals surface area contributed by atoms with Crippen LogP contribution in [0.4, 0.5) is 0 Å². The predicted octanol–water partition coefficient (Wildman–Crippen LogP) is 9.39. The summed E-state index contributed by atoms with van der Waals surface area (Å²) in [5, 5.41) is 11.4. The van der Waals surface area contributed by atoms with Gasteiger partial charge >= 0.3 is 11.6 Å². The lowest BCUT2D eigenvalue weighted by molar-refractivity contribution is -0.162. The quantitative estimate of drug-likeness (QED) is 0.0632. The second kappa shape index (κ2) is 20.7. The van der Waals surface area contributed by atoms with Crippen molar-refractivity contribution in [3.8, 4) is 5.75 Å². The maximum Gasteiger partial charge on any atom is 0.336 e. The molecule has 0 aliphatic rings. The van der Waals surface area contributed by atoms with Crippen LogP contribution in [0.2, 0.25) is 0 Å². The van der Waals surface area contributed by atoms with E-state index in [1.165, 1.54) is 44.6 Å². The van der Waals surface area contributed by atoms with Crippen molar-refractivity contribution < 1.29 is 23.8 Å². The van der Waals surface area contributed by atoms with E-state index in [-0.39, 0.29) is 5.97 Å². The van der Waals surface area contributed by atoms with Gasteiger partial charge in [-0.3, -0.25) is 4.79 Å². The molecule has 0 saturated heterocycles. The summed E-state index contributed by atoms with van der Waals surface area (Å²) in [5.74, 6) is 0.369. The minimum atomic E-state index is -1.13. The molecule has 43 heavy (non-hydrogen) atoms. The highest BCUT2D eigenvalue weighted by molar-refractivity contribution is 5.77. The standard InChI is InChI=1S/C37H54O6/c1-5-6-7-8-9-10-11-12-13-14-15-16-17-18-19-20-35(38)43-34(37(3,4)40)25-21-30(2)27-28-41-32-24-22-31-23-26-36(39)42-33(31)29-32/h9-10,12-13,22-24,26-27,29,34,40H,5-8,11,14-21,25,28H2,1-4H3/b10-9-,13-12-,30-27+/t34-/m1/s1. The van der Waals surface area contributed by atoms with Gasteiger partial charge in [-0.25, -0.2) is 4.79 Å². The molecule has 1 aromatic carbocycles. The first kappa shape index (κ1) is 36.1. The molecule has 0 amide bonds. The summed E-state index contributed by atoms with van der Waals surface area (Å²) >= 11 is 0. The summed E-state index contributed by atoms with van der Waals surface area (Å²) in [4.78, 5) is 24.0. The Morgan fingerprint density at radius 2 is 1.60 bits per heavy atom. The number of hydrogen-bond donors (Lipinski definition) is 1. The normalized spacial score (nSPS) is 13.3. The lowest BCUT2D eigenvalue weighted by atomic mass is 9.95. The second-order valence-corrected chi connectivity index (χ2v) is 12.0. The van der Waals surface area contributed by atoms with Gasteiger partial charge in [0.1, 0.15) is 24.0 Å². The first-order chi connectivity index (χ1) is 20.7. The van der Waals surface area contributed by atoms with Gasteiger partial charge in [-0.15, -0.1) is 0 Å². The minimum absolute atomic E-state index is 0.245. The molecular formula is C37H54O6. The molecule has 1 atom stereocenters. The molecule has 0 saturated carbocycles. The van der Waals surface area contributed by atoms with Crippen molar-refractivity contribution in [3.63, 3.8) is 0 Å². The number of allylic oxidation sites excluding steroid dienone is 5.